The van der Waals surface area contributed by atoms with Crippen molar-refractivity contribution in [2.24, 2.45) is 0 Å². The summed E-state index contributed by atoms with van der Waals surface area (Å²) in [6.45, 7) is 0. The number of hydrogen-bond donors (Lipinski definition) is 0. The third kappa shape index (κ3) is 1.37. The summed E-state index contributed by atoms with van der Waals surface area (Å²) in [5.41, 5.74) is 0. The van der Waals surface area contributed by atoms with E-state index in [2.05, 4.69) is 0 Å². The lowest BCUT2D eigenvalue weighted by molar-refractivity contribution is -0.317. The summed E-state index contributed by atoms with van der Waals surface area (Å²) in [7, 11) is 2.81. The van der Waals surface area contributed by atoms with E-state index in [0.717, 1.165) is 12.1 Å². The summed E-state index contributed by atoms with van der Waals surface area (Å²) >= 11 is 0. The molecule has 0 aliphatic rings. The summed E-state index contributed by atoms with van der Waals surface area (Å²) in [5, 5.41) is 21.6. The second kappa shape index (κ2) is 3.21. The van der Waals surface area contributed by atoms with Gasteiger partial charge in [0.1, 0.15) is 0 Å². The highest BCUT2D eigenvalue weighted by atomic mass is 16.5. The molecular formula is C8H8O4-2. The highest BCUT2D eigenvalue weighted by Gasteiger charge is 2.00. The van der Waals surface area contributed by atoms with E-state index < -0.39 is 11.5 Å². The zero-order valence-corrected chi connectivity index (χ0v) is 6.79. The second-order valence-corrected chi connectivity index (χ2v) is 2.15. The number of rotatable bonds is 2. The molecule has 4 heteroatoms. The normalized spacial score (nSPS) is 9.50. The highest BCUT2D eigenvalue weighted by Crippen LogP contribution is 2.34. The van der Waals surface area contributed by atoms with Crippen LogP contribution in [0.3, 0.4) is 0 Å². The molecule has 1 aromatic rings. The fraction of sp³-hybridized carbons (Fsp3) is 0.250. The molecule has 66 valence electrons. The Bertz CT molecular complexity index is 254. The Morgan fingerprint density at radius 2 is 1.25 bits per heavy atom. The van der Waals surface area contributed by atoms with Crippen molar-refractivity contribution in [3.8, 4) is 23.0 Å². The molecule has 0 heterocycles. The fourth-order valence-electron chi connectivity index (χ4n) is 0.842. The zero-order valence-electron chi connectivity index (χ0n) is 6.79. The topological polar surface area (TPSA) is 64.6 Å². The maximum Gasteiger partial charge on any atom is 0.160 e. The van der Waals surface area contributed by atoms with Crippen LogP contribution in [0, 0.1) is 0 Å². The van der Waals surface area contributed by atoms with E-state index in [-0.39, 0.29) is 11.5 Å². The first-order valence-electron chi connectivity index (χ1n) is 3.29. The van der Waals surface area contributed by atoms with E-state index in [1.54, 1.807) is 0 Å². The van der Waals surface area contributed by atoms with Crippen LogP contribution in [0.4, 0.5) is 0 Å². The van der Waals surface area contributed by atoms with Gasteiger partial charge in [-0.3, -0.25) is 0 Å². The van der Waals surface area contributed by atoms with Gasteiger partial charge in [0.25, 0.3) is 0 Å². The molecular weight excluding hydrogens is 160 g/mol. The van der Waals surface area contributed by atoms with Gasteiger partial charge in [0.2, 0.25) is 0 Å². The van der Waals surface area contributed by atoms with Crippen LogP contribution >= 0.6 is 0 Å². The minimum Gasteiger partial charge on any atom is -0.873 e. The van der Waals surface area contributed by atoms with Crippen LogP contribution in [0.5, 0.6) is 23.0 Å². The van der Waals surface area contributed by atoms with Crippen molar-refractivity contribution in [1.82, 2.24) is 0 Å². The van der Waals surface area contributed by atoms with Crippen molar-refractivity contribution in [3.63, 3.8) is 0 Å². The van der Waals surface area contributed by atoms with Gasteiger partial charge in [-0.05, 0) is 12.1 Å². The van der Waals surface area contributed by atoms with E-state index in [0.29, 0.717) is 0 Å². The van der Waals surface area contributed by atoms with Crippen molar-refractivity contribution >= 4 is 0 Å². The lowest BCUT2D eigenvalue weighted by Gasteiger charge is -2.20. The lowest BCUT2D eigenvalue weighted by atomic mass is 10.3. The third-order valence-corrected chi connectivity index (χ3v) is 1.45. The van der Waals surface area contributed by atoms with Crippen molar-refractivity contribution in [3.05, 3.63) is 12.1 Å². The predicted molar refractivity (Wildman–Crippen MR) is 38.4 cm³/mol. The molecule has 0 fully saturated rings. The van der Waals surface area contributed by atoms with Gasteiger partial charge in [0, 0.05) is 0 Å². The molecule has 1 rings (SSSR count). The molecule has 0 saturated heterocycles. The number of methoxy groups -OCH3 is 2. The van der Waals surface area contributed by atoms with Gasteiger partial charge in [-0.15, -0.1) is 11.5 Å². The van der Waals surface area contributed by atoms with Crippen molar-refractivity contribution in [2.45, 2.75) is 0 Å². The fourth-order valence-corrected chi connectivity index (χ4v) is 0.842. The first kappa shape index (κ1) is 8.52. The van der Waals surface area contributed by atoms with Crippen LogP contribution in [-0.2, 0) is 0 Å². The van der Waals surface area contributed by atoms with Crippen LogP contribution in [0.2, 0.25) is 0 Å². The molecule has 0 atom stereocenters. The first-order valence-corrected chi connectivity index (χ1v) is 3.29. The molecule has 0 spiro atoms. The minimum absolute atomic E-state index is 0.280. The number of benzene rings is 1. The zero-order chi connectivity index (χ0) is 9.14. The molecule has 12 heavy (non-hydrogen) atoms. The van der Waals surface area contributed by atoms with Crippen molar-refractivity contribution in [2.75, 3.05) is 14.2 Å². The second-order valence-electron chi connectivity index (χ2n) is 2.15. The quantitative estimate of drug-likeness (QED) is 0.616. The van der Waals surface area contributed by atoms with E-state index in [4.69, 9.17) is 9.47 Å². The Labute approximate surface area is 70.0 Å². The summed E-state index contributed by atoms with van der Waals surface area (Å²) in [4.78, 5) is 0. The molecule has 0 unspecified atom stereocenters. The maximum absolute atomic E-state index is 10.8. The summed E-state index contributed by atoms with van der Waals surface area (Å²) < 4.78 is 9.62. The Hall–Kier alpha value is -1.58. The van der Waals surface area contributed by atoms with Gasteiger partial charge in [-0.2, -0.15) is 0 Å². The van der Waals surface area contributed by atoms with Gasteiger partial charge < -0.3 is 19.7 Å². The monoisotopic (exact) mass is 168 g/mol. The standard InChI is InChI=1S/C8H10O4/c1-11-7-3-5(9)6(10)4-8(7)12-2/h3-4,9-10H,1-2H3/p-2. The van der Waals surface area contributed by atoms with Crippen LogP contribution in [-0.4, -0.2) is 14.2 Å². The molecule has 0 bridgehead atoms. The Morgan fingerprint density at radius 1 is 0.917 bits per heavy atom. The van der Waals surface area contributed by atoms with Crippen molar-refractivity contribution < 1.29 is 19.7 Å². The molecule has 0 radical (unpaired) electrons. The van der Waals surface area contributed by atoms with Gasteiger partial charge in [-0.25, -0.2) is 0 Å². The molecule has 0 aliphatic carbocycles. The Kier molecular flexibility index (Phi) is 2.28. The van der Waals surface area contributed by atoms with Gasteiger partial charge in [0.05, 0.1) is 14.2 Å². The summed E-state index contributed by atoms with van der Waals surface area (Å²) in [6.07, 6.45) is 0. The smallest absolute Gasteiger partial charge is 0.160 e. The van der Waals surface area contributed by atoms with Gasteiger partial charge in [0.15, 0.2) is 11.5 Å². The van der Waals surface area contributed by atoms with Crippen LogP contribution in [0.1, 0.15) is 0 Å². The van der Waals surface area contributed by atoms with E-state index in [9.17, 15) is 10.2 Å². The number of hydrogen-bond acceptors (Lipinski definition) is 4. The Morgan fingerprint density at radius 3 is 1.50 bits per heavy atom. The highest BCUT2D eigenvalue weighted by molar-refractivity contribution is 5.51. The predicted octanol–water partition coefficient (Wildman–Crippen LogP) is -0.149. The van der Waals surface area contributed by atoms with E-state index >= 15 is 0 Å². The van der Waals surface area contributed by atoms with Crippen LogP contribution < -0.4 is 19.7 Å². The first-order chi connectivity index (χ1) is 5.69. The maximum atomic E-state index is 10.8. The summed E-state index contributed by atoms with van der Waals surface area (Å²) in [5.74, 6) is -0.621. The van der Waals surface area contributed by atoms with Crippen molar-refractivity contribution in [1.29, 1.82) is 0 Å². The Balaban J connectivity index is 3.19. The average Bonchev–Trinajstić information content (AvgIpc) is 2.09. The molecule has 0 aliphatic heterocycles. The molecule has 0 amide bonds. The molecule has 1 aromatic carbocycles. The van der Waals surface area contributed by atoms with Crippen LogP contribution in [0.15, 0.2) is 12.1 Å². The minimum atomic E-state index is -0.590. The molecule has 0 saturated carbocycles. The average molecular weight is 168 g/mol. The summed E-state index contributed by atoms with van der Waals surface area (Å²) in [6, 6.07) is 2.22. The molecule has 0 aromatic heterocycles. The van der Waals surface area contributed by atoms with Gasteiger partial charge >= 0.3 is 0 Å². The number of ether oxygens (including phenoxy) is 2. The molecule has 4 nitrogen and oxygen atoms in total. The van der Waals surface area contributed by atoms with E-state index in [1.165, 1.54) is 14.2 Å². The molecule has 0 N–H and O–H groups in total. The third-order valence-electron chi connectivity index (χ3n) is 1.45. The largest absolute Gasteiger partial charge is 0.873 e. The van der Waals surface area contributed by atoms with Crippen LogP contribution in [0.25, 0.3) is 0 Å². The lowest BCUT2D eigenvalue weighted by Crippen LogP contribution is -2.01. The van der Waals surface area contributed by atoms with Gasteiger partial charge in [-0.1, -0.05) is 0 Å². The SMILES string of the molecule is COc1cc([O-])c([O-])cc1OC. The van der Waals surface area contributed by atoms with E-state index in [1.807, 2.05) is 0 Å².